The maximum atomic E-state index is 13.9. The smallest absolute Gasteiger partial charge is 0.246 e. The fourth-order valence-corrected chi connectivity index (χ4v) is 6.31. The van der Waals surface area contributed by atoms with Gasteiger partial charge in [-0.2, -0.15) is 0 Å². The van der Waals surface area contributed by atoms with E-state index in [1.165, 1.54) is 11.5 Å². The lowest BCUT2D eigenvalue weighted by Gasteiger charge is -2.35. The Labute approximate surface area is 223 Å². The van der Waals surface area contributed by atoms with Crippen molar-refractivity contribution in [3.63, 3.8) is 0 Å². The summed E-state index contributed by atoms with van der Waals surface area (Å²) in [6.07, 6.45) is 7.78. The van der Waals surface area contributed by atoms with Gasteiger partial charge in [0.05, 0.1) is 10.9 Å². The zero-order valence-electron chi connectivity index (χ0n) is 21.6. The van der Waals surface area contributed by atoms with Gasteiger partial charge in [-0.25, -0.2) is 0 Å². The third kappa shape index (κ3) is 6.82. The molecule has 4 rings (SSSR count). The van der Waals surface area contributed by atoms with Crippen molar-refractivity contribution in [3.8, 4) is 11.3 Å². The van der Waals surface area contributed by atoms with E-state index in [0.717, 1.165) is 54.7 Å². The Morgan fingerprint density at radius 3 is 2.59 bits per heavy atom. The summed E-state index contributed by atoms with van der Waals surface area (Å²) in [6, 6.07) is 8.61. The zero-order chi connectivity index (χ0) is 26.2. The number of aliphatic hydroxyl groups is 1. The van der Waals surface area contributed by atoms with E-state index in [9.17, 15) is 14.4 Å². The molecular formula is C28H38N4O4S. The molecule has 0 radical (unpaired) electrons. The largest absolute Gasteiger partial charge is 0.396 e. The molecule has 1 saturated carbocycles. The molecule has 1 saturated heterocycles. The summed E-state index contributed by atoms with van der Waals surface area (Å²) < 4.78 is 4.09. The van der Waals surface area contributed by atoms with E-state index in [4.69, 9.17) is 5.11 Å². The molecule has 3 atom stereocenters. The number of hydrogen-bond acceptors (Lipinski definition) is 7. The summed E-state index contributed by atoms with van der Waals surface area (Å²) in [6.45, 7) is 2.41. The van der Waals surface area contributed by atoms with Crippen LogP contribution in [-0.2, 0) is 20.8 Å². The number of aliphatic hydroxyl groups excluding tert-OH is 1. The number of ketones is 1. The molecular weight excluding hydrogens is 488 g/mol. The first-order chi connectivity index (χ1) is 18.0. The number of benzene rings is 1. The van der Waals surface area contributed by atoms with Crippen molar-refractivity contribution in [3.05, 3.63) is 35.2 Å². The average Bonchev–Trinajstić information content (AvgIpc) is 3.61. The molecule has 2 aromatic rings. The van der Waals surface area contributed by atoms with Crippen LogP contribution < -0.4 is 5.32 Å². The first-order valence-electron chi connectivity index (χ1n) is 13.6. The van der Waals surface area contributed by atoms with Crippen LogP contribution in [0.25, 0.3) is 11.3 Å². The van der Waals surface area contributed by atoms with Crippen LogP contribution in [0.4, 0.5) is 0 Å². The quantitative estimate of drug-likeness (QED) is 0.461. The summed E-state index contributed by atoms with van der Waals surface area (Å²) in [4.78, 5) is 42.9. The Balaban J connectivity index is 1.48. The maximum absolute atomic E-state index is 13.9. The van der Waals surface area contributed by atoms with Gasteiger partial charge in [-0.15, -0.1) is 5.10 Å². The summed E-state index contributed by atoms with van der Waals surface area (Å²) in [5, 5.41) is 16.5. The number of likely N-dealkylation sites (tertiary alicyclic amines) is 1. The van der Waals surface area contributed by atoms with Gasteiger partial charge >= 0.3 is 0 Å². The number of hydrogen-bond donors (Lipinski definition) is 2. The van der Waals surface area contributed by atoms with Crippen molar-refractivity contribution in [1.29, 1.82) is 0 Å². The Bertz CT molecular complexity index is 1050. The highest BCUT2D eigenvalue weighted by Crippen LogP contribution is 2.31. The standard InChI is InChI=1S/C28H38N4O4S/c1-19(10-9-17-33)27(35)29-26(21-13-6-3-7-14-21)28(36)32-16-8-15-22(32)23(34)18-24-25(30-31-37-24)20-11-4-2-5-12-20/h2,4-5,11-12,19,21-22,26,33H,3,6-10,13-18H2,1H3,(H,29,35)/t19-,22-,26-/m0/s1. The predicted molar refractivity (Wildman–Crippen MR) is 143 cm³/mol. The molecule has 9 heteroatoms. The topological polar surface area (TPSA) is 112 Å². The Kier molecular flexibility index (Phi) is 9.80. The van der Waals surface area contributed by atoms with Gasteiger partial charge in [0.2, 0.25) is 11.8 Å². The highest BCUT2D eigenvalue weighted by Gasteiger charge is 2.41. The van der Waals surface area contributed by atoms with E-state index >= 15 is 0 Å². The van der Waals surface area contributed by atoms with Crippen LogP contribution in [0.15, 0.2) is 30.3 Å². The number of aromatic nitrogens is 2. The third-order valence-corrected chi connectivity index (χ3v) is 8.49. The fourth-order valence-electron chi connectivity index (χ4n) is 5.63. The molecule has 1 aliphatic heterocycles. The van der Waals surface area contributed by atoms with Gasteiger partial charge in [-0.05, 0) is 56.0 Å². The molecule has 1 aliphatic carbocycles. The van der Waals surface area contributed by atoms with E-state index < -0.39 is 12.1 Å². The number of amides is 2. The number of carbonyl (C=O) groups is 3. The summed E-state index contributed by atoms with van der Waals surface area (Å²) in [5.74, 6) is -0.475. The van der Waals surface area contributed by atoms with Gasteiger partial charge in [0, 0.05) is 31.1 Å². The normalized spacial score (nSPS) is 19.9. The van der Waals surface area contributed by atoms with Crippen molar-refractivity contribution in [2.75, 3.05) is 13.2 Å². The van der Waals surface area contributed by atoms with E-state index in [-0.39, 0.29) is 42.5 Å². The minimum atomic E-state index is -0.609. The van der Waals surface area contributed by atoms with Crippen LogP contribution in [0.5, 0.6) is 0 Å². The number of nitrogens with one attached hydrogen (secondary N) is 1. The van der Waals surface area contributed by atoms with Gasteiger partial charge in [0.25, 0.3) is 0 Å². The SMILES string of the molecule is C[C@@H](CCCO)C(=O)N[C@H](C(=O)N1CCC[C@H]1C(=O)Cc1snnc1-c1ccccc1)C1CCCCC1. The number of carbonyl (C=O) groups excluding carboxylic acids is 3. The molecule has 37 heavy (non-hydrogen) atoms. The third-order valence-electron chi connectivity index (χ3n) is 7.77. The van der Waals surface area contributed by atoms with E-state index in [1.807, 2.05) is 37.3 Å². The van der Waals surface area contributed by atoms with Crippen molar-refractivity contribution < 1.29 is 19.5 Å². The van der Waals surface area contributed by atoms with Crippen LogP contribution in [0.3, 0.4) is 0 Å². The van der Waals surface area contributed by atoms with Gasteiger partial charge < -0.3 is 15.3 Å². The molecule has 2 heterocycles. The second-order valence-electron chi connectivity index (χ2n) is 10.4. The second kappa shape index (κ2) is 13.2. The van der Waals surface area contributed by atoms with Gasteiger partial charge in [0.1, 0.15) is 11.7 Å². The van der Waals surface area contributed by atoms with Crippen molar-refractivity contribution in [2.45, 2.75) is 83.2 Å². The van der Waals surface area contributed by atoms with Crippen LogP contribution in [0.1, 0.15) is 69.6 Å². The van der Waals surface area contributed by atoms with Crippen LogP contribution in [0, 0.1) is 11.8 Å². The lowest BCUT2D eigenvalue weighted by Crippen LogP contribution is -2.55. The molecule has 1 aromatic carbocycles. The Morgan fingerprint density at radius 1 is 1.11 bits per heavy atom. The van der Waals surface area contributed by atoms with Crippen molar-refractivity contribution >= 4 is 29.1 Å². The molecule has 200 valence electrons. The molecule has 2 N–H and O–H groups in total. The molecule has 2 aliphatic rings. The number of rotatable bonds is 11. The zero-order valence-corrected chi connectivity index (χ0v) is 22.4. The van der Waals surface area contributed by atoms with Crippen molar-refractivity contribution in [2.24, 2.45) is 11.8 Å². The van der Waals surface area contributed by atoms with Crippen LogP contribution >= 0.6 is 11.5 Å². The highest BCUT2D eigenvalue weighted by atomic mass is 32.1. The summed E-state index contributed by atoms with van der Waals surface area (Å²) in [5.41, 5.74) is 1.65. The lowest BCUT2D eigenvalue weighted by molar-refractivity contribution is -0.142. The molecule has 2 amide bonds. The molecule has 0 unspecified atom stereocenters. The lowest BCUT2D eigenvalue weighted by atomic mass is 9.83. The van der Waals surface area contributed by atoms with Crippen molar-refractivity contribution in [1.82, 2.24) is 19.8 Å². The minimum absolute atomic E-state index is 0.000819. The number of nitrogens with zero attached hydrogens (tertiary/aromatic N) is 3. The minimum Gasteiger partial charge on any atom is -0.396 e. The van der Waals surface area contributed by atoms with E-state index in [0.29, 0.717) is 25.8 Å². The summed E-state index contributed by atoms with van der Waals surface area (Å²) in [7, 11) is 0. The highest BCUT2D eigenvalue weighted by molar-refractivity contribution is 7.06. The second-order valence-corrected chi connectivity index (χ2v) is 11.2. The maximum Gasteiger partial charge on any atom is 0.246 e. The average molecular weight is 527 g/mol. The molecule has 0 bridgehead atoms. The molecule has 8 nitrogen and oxygen atoms in total. The first kappa shape index (κ1) is 27.4. The molecule has 2 fully saturated rings. The Hall–Kier alpha value is -2.65. The molecule has 0 spiro atoms. The fraction of sp³-hybridized carbons (Fsp3) is 0.607. The Morgan fingerprint density at radius 2 is 1.86 bits per heavy atom. The predicted octanol–water partition coefficient (Wildman–Crippen LogP) is 3.78. The van der Waals surface area contributed by atoms with E-state index in [2.05, 4.69) is 14.9 Å². The first-order valence-corrected chi connectivity index (χ1v) is 14.4. The van der Waals surface area contributed by atoms with Gasteiger partial charge in [-0.1, -0.05) is 61.0 Å². The number of Topliss-reactive ketones (excluding diaryl/α,β-unsaturated/α-hetero) is 1. The van der Waals surface area contributed by atoms with Gasteiger partial charge in [-0.3, -0.25) is 14.4 Å². The molecule has 1 aromatic heterocycles. The monoisotopic (exact) mass is 526 g/mol. The summed E-state index contributed by atoms with van der Waals surface area (Å²) >= 11 is 1.23. The van der Waals surface area contributed by atoms with Crippen LogP contribution in [0.2, 0.25) is 0 Å². The van der Waals surface area contributed by atoms with Crippen LogP contribution in [-0.4, -0.2) is 62.4 Å². The van der Waals surface area contributed by atoms with Gasteiger partial charge in [0.15, 0.2) is 5.78 Å². The van der Waals surface area contributed by atoms with E-state index in [1.54, 1.807) is 4.90 Å².